The van der Waals surface area contributed by atoms with Crippen molar-refractivity contribution in [2.45, 2.75) is 315 Å². The number of rotatable bonds is 52. The van der Waals surface area contributed by atoms with E-state index in [4.69, 9.17) is 4.74 Å². The van der Waals surface area contributed by atoms with Crippen molar-refractivity contribution in [3.8, 4) is 0 Å². The molecule has 63 heavy (non-hydrogen) atoms. The maximum atomic E-state index is 12.5. The summed E-state index contributed by atoms with van der Waals surface area (Å²) in [6, 6.07) is -0.643. The molecule has 0 aliphatic heterocycles. The lowest BCUT2D eigenvalue weighted by Gasteiger charge is -2.20. The molecule has 2 atom stereocenters. The summed E-state index contributed by atoms with van der Waals surface area (Å²) in [6.07, 6.45) is 63.3. The Labute approximate surface area is 392 Å². The quantitative estimate of drug-likeness (QED) is 0.0321. The van der Waals surface area contributed by atoms with E-state index in [9.17, 15) is 19.8 Å². The molecule has 1 amide bonds. The molecule has 0 saturated carbocycles. The number of carbonyl (C=O) groups is 2. The summed E-state index contributed by atoms with van der Waals surface area (Å²) in [5.41, 5.74) is 0. The number of amides is 1. The van der Waals surface area contributed by atoms with Crippen LogP contribution >= 0.6 is 0 Å². The molecular formula is C57H109NO5. The van der Waals surface area contributed by atoms with Crippen LogP contribution in [-0.2, 0) is 14.3 Å². The fourth-order valence-corrected chi connectivity index (χ4v) is 8.63. The van der Waals surface area contributed by atoms with E-state index in [0.717, 1.165) is 57.8 Å². The van der Waals surface area contributed by atoms with Crippen LogP contribution in [0.4, 0.5) is 0 Å². The van der Waals surface area contributed by atoms with Gasteiger partial charge in [-0.15, -0.1) is 0 Å². The minimum absolute atomic E-state index is 0.0250. The molecule has 0 aromatic carbocycles. The monoisotopic (exact) mass is 888 g/mol. The summed E-state index contributed by atoms with van der Waals surface area (Å²) >= 11 is 0. The van der Waals surface area contributed by atoms with E-state index in [-0.39, 0.29) is 18.5 Å². The van der Waals surface area contributed by atoms with Crippen molar-refractivity contribution in [2.75, 3.05) is 13.2 Å². The third-order valence-corrected chi connectivity index (χ3v) is 13.0. The number of ether oxygens (including phenoxy) is 1. The molecule has 0 rings (SSSR count). The molecule has 0 fully saturated rings. The molecule has 0 aliphatic rings. The van der Waals surface area contributed by atoms with E-state index < -0.39 is 12.1 Å². The van der Waals surface area contributed by atoms with Crippen LogP contribution in [0.5, 0.6) is 0 Å². The zero-order valence-electron chi connectivity index (χ0n) is 42.3. The Hall–Kier alpha value is -1.66. The van der Waals surface area contributed by atoms with Crippen molar-refractivity contribution in [3.63, 3.8) is 0 Å². The van der Waals surface area contributed by atoms with E-state index in [0.29, 0.717) is 19.4 Å². The summed E-state index contributed by atoms with van der Waals surface area (Å²) in [7, 11) is 0. The molecule has 0 heterocycles. The van der Waals surface area contributed by atoms with Gasteiger partial charge in [0, 0.05) is 12.8 Å². The van der Waals surface area contributed by atoms with Crippen LogP contribution in [0.3, 0.4) is 0 Å². The van der Waals surface area contributed by atoms with Crippen molar-refractivity contribution < 1.29 is 24.5 Å². The summed E-state index contributed by atoms with van der Waals surface area (Å²) in [5, 5.41) is 23.2. The molecule has 0 aromatic rings. The van der Waals surface area contributed by atoms with Gasteiger partial charge in [-0.1, -0.05) is 256 Å². The third-order valence-electron chi connectivity index (χ3n) is 13.0. The van der Waals surface area contributed by atoms with E-state index in [1.807, 2.05) is 6.08 Å². The first kappa shape index (κ1) is 61.3. The van der Waals surface area contributed by atoms with Crippen molar-refractivity contribution in [2.24, 2.45) is 0 Å². The van der Waals surface area contributed by atoms with Gasteiger partial charge in [-0.05, 0) is 57.8 Å². The van der Waals surface area contributed by atoms with Crippen molar-refractivity contribution in [1.29, 1.82) is 0 Å². The number of allylic oxidation sites excluding steroid dienone is 3. The molecule has 0 aromatic heterocycles. The average Bonchev–Trinajstić information content (AvgIpc) is 3.28. The van der Waals surface area contributed by atoms with Gasteiger partial charge in [0.25, 0.3) is 0 Å². The van der Waals surface area contributed by atoms with Gasteiger partial charge in [0.15, 0.2) is 0 Å². The van der Waals surface area contributed by atoms with Gasteiger partial charge >= 0.3 is 5.97 Å². The second kappa shape index (κ2) is 53.0. The first-order chi connectivity index (χ1) is 31.0. The number of nitrogens with one attached hydrogen (secondary N) is 1. The van der Waals surface area contributed by atoms with E-state index in [1.54, 1.807) is 6.08 Å². The largest absolute Gasteiger partial charge is 0.466 e. The fraction of sp³-hybridized carbons (Fsp3) is 0.895. The van der Waals surface area contributed by atoms with Crippen LogP contribution < -0.4 is 5.32 Å². The predicted molar refractivity (Wildman–Crippen MR) is 273 cm³/mol. The van der Waals surface area contributed by atoms with Crippen LogP contribution in [-0.4, -0.2) is 47.4 Å². The number of aliphatic hydroxyl groups excluding tert-OH is 2. The zero-order valence-corrected chi connectivity index (χ0v) is 42.3. The van der Waals surface area contributed by atoms with Crippen LogP contribution in [0, 0.1) is 0 Å². The molecule has 0 bridgehead atoms. The summed E-state index contributed by atoms with van der Waals surface area (Å²) < 4.78 is 5.44. The number of unbranched alkanes of at least 4 members (excludes halogenated alkanes) is 39. The molecule has 2 unspecified atom stereocenters. The SMILES string of the molecule is CCCCC/C=C\CCCCCCCC(=O)OCCCCCCCCCCCCCC(=O)NC(CO)C(O)/C=C/CCCCCCCCCCCCCCCCCCCCCCC. The Morgan fingerprint density at radius 2 is 0.746 bits per heavy atom. The highest BCUT2D eigenvalue weighted by atomic mass is 16.5. The second-order valence-corrected chi connectivity index (χ2v) is 19.3. The summed E-state index contributed by atoms with van der Waals surface area (Å²) in [6.45, 7) is 4.85. The highest BCUT2D eigenvalue weighted by Gasteiger charge is 2.18. The minimum Gasteiger partial charge on any atom is -0.466 e. The Morgan fingerprint density at radius 3 is 1.16 bits per heavy atom. The topological polar surface area (TPSA) is 95.9 Å². The Balaban J connectivity index is 3.51. The second-order valence-electron chi connectivity index (χ2n) is 19.3. The Bertz CT molecular complexity index is 982. The zero-order chi connectivity index (χ0) is 45.8. The highest BCUT2D eigenvalue weighted by molar-refractivity contribution is 5.76. The molecular weight excluding hydrogens is 779 g/mol. The first-order valence-corrected chi connectivity index (χ1v) is 28.1. The van der Waals surface area contributed by atoms with Crippen LogP contribution in [0.1, 0.15) is 303 Å². The molecule has 372 valence electrons. The van der Waals surface area contributed by atoms with Gasteiger partial charge in [0.1, 0.15) is 0 Å². The summed E-state index contributed by atoms with van der Waals surface area (Å²) in [5.74, 6) is -0.110. The number of hydrogen-bond donors (Lipinski definition) is 3. The van der Waals surface area contributed by atoms with Gasteiger partial charge in [0.2, 0.25) is 5.91 Å². The minimum atomic E-state index is -0.858. The molecule has 0 aliphatic carbocycles. The van der Waals surface area contributed by atoms with Crippen molar-refractivity contribution >= 4 is 11.9 Å². The molecule has 0 radical (unpaired) electrons. The van der Waals surface area contributed by atoms with E-state index >= 15 is 0 Å². The number of carbonyl (C=O) groups excluding carboxylic acids is 2. The first-order valence-electron chi connectivity index (χ1n) is 28.1. The van der Waals surface area contributed by atoms with Gasteiger partial charge in [-0.3, -0.25) is 9.59 Å². The lowest BCUT2D eigenvalue weighted by molar-refractivity contribution is -0.143. The Morgan fingerprint density at radius 1 is 0.429 bits per heavy atom. The lowest BCUT2D eigenvalue weighted by Crippen LogP contribution is -2.45. The molecule has 3 N–H and O–H groups in total. The van der Waals surface area contributed by atoms with Gasteiger partial charge in [-0.25, -0.2) is 0 Å². The fourth-order valence-electron chi connectivity index (χ4n) is 8.63. The number of aliphatic hydroxyl groups is 2. The van der Waals surface area contributed by atoms with E-state index in [1.165, 1.54) is 218 Å². The smallest absolute Gasteiger partial charge is 0.305 e. The van der Waals surface area contributed by atoms with Gasteiger partial charge in [0.05, 0.1) is 25.4 Å². The van der Waals surface area contributed by atoms with E-state index in [2.05, 4.69) is 31.3 Å². The maximum absolute atomic E-state index is 12.5. The standard InChI is InChI=1S/C57H109NO5/c1-3-5-7-9-11-13-15-17-18-19-20-21-22-23-24-25-26-27-29-33-37-41-45-49-55(60)54(53-59)58-56(61)50-46-42-38-34-30-28-32-36-40-44-48-52-63-57(62)51-47-43-39-35-31-16-14-12-10-8-6-4-2/h12,14,45,49,54-55,59-60H,3-11,13,15-44,46-48,50-53H2,1-2H3,(H,58,61)/b14-12-,49-45+. The summed E-state index contributed by atoms with van der Waals surface area (Å²) in [4.78, 5) is 24.5. The predicted octanol–water partition coefficient (Wildman–Crippen LogP) is 17.1. The maximum Gasteiger partial charge on any atom is 0.305 e. The third kappa shape index (κ3) is 49.6. The van der Waals surface area contributed by atoms with Crippen LogP contribution in [0.25, 0.3) is 0 Å². The van der Waals surface area contributed by atoms with Crippen molar-refractivity contribution in [1.82, 2.24) is 5.32 Å². The molecule has 0 spiro atoms. The van der Waals surface area contributed by atoms with Crippen LogP contribution in [0.15, 0.2) is 24.3 Å². The number of hydrogen-bond acceptors (Lipinski definition) is 5. The lowest BCUT2D eigenvalue weighted by atomic mass is 10.0. The molecule has 0 saturated heterocycles. The average molecular weight is 889 g/mol. The molecule has 6 nitrogen and oxygen atoms in total. The molecule has 6 heteroatoms. The van der Waals surface area contributed by atoms with Crippen molar-refractivity contribution in [3.05, 3.63) is 24.3 Å². The van der Waals surface area contributed by atoms with Crippen LogP contribution in [0.2, 0.25) is 0 Å². The van der Waals surface area contributed by atoms with Gasteiger partial charge < -0.3 is 20.3 Å². The normalized spacial score (nSPS) is 12.8. The number of esters is 1. The highest BCUT2D eigenvalue weighted by Crippen LogP contribution is 2.17. The Kier molecular flexibility index (Phi) is 51.6. The van der Waals surface area contributed by atoms with Gasteiger partial charge in [-0.2, -0.15) is 0 Å².